The van der Waals surface area contributed by atoms with E-state index in [1.54, 1.807) is 0 Å². The molecule has 0 heterocycles. The second-order valence-corrected chi connectivity index (χ2v) is 9.44. The van der Waals surface area contributed by atoms with Crippen molar-refractivity contribution in [2.75, 3.05) is 13.1 Å². The molecule has 0 bridgehead atoms. The molecule has 0 aromatic rings. The maximum atomic E-state index is 11.8. The van der Waals surface area contributed by atoms with Crippen LogP contribution in [0.1, 0.15) is 149 Å². The molecule has 1 unspecified atom stereocenters. The van der Waals surface area contributed by atoms with Gasteiger partial charge >= 0.3 is 0 Å². The summed E-state index contributed by atoms with van der Waals surface area (Å²) in [5.41, 5.74) is 5.50. The molecule has 1 atom stereocenters. The Labute approximate surface area is 189 Å². The van der Waals surface area contributed by atoms with Gasteiger partial charge in [-0.1, -0.05) is 129 Å². The highest BCUT2D eigenvalue weighted by Gasteiger charge is 2.10. The number of rotatable bonds is 24. The van der Waals surface area contributed by atoms with Gasteiger partial charge in [0.1, 0.15) is 0 Å². The van der Waals surface area contributed by atoms with E-state index in [4.69, 9.17) is 5.73 Å². The largest absolute Gasteiger partial charge is 0.356 e. The van der Waals surface area contributed by atoms with E-state index in [2.05, 4.69) is 19.2 Å². The van der Waals surface area contributed by atoms with Crippen molar-refractivity contribution in [3.63, 3.8) is 0 Å². The van der Waals surface area contributed by atoms with Gasteiger partial charge in [0.15, 0.2) is 0 Å². The third-order valence-corrected chi connectivity index (χ3v) is 6.39. The van der Waals surface area contributed by atoms with E-state index >= 15 is 0 Å². The van der Waals surface area contributed by atoms with Crippen molar-refractivity contribution in [2.24, 2.45) is 11.7 Å². The number of unbranched alkanes of at least 4 members (excludes halogenated alkanes) is 16. The fourth-order valence-electron chi connectivity index (χ4n) is 4.31. The fourth-order valence-corrected chi connectivity index (χ4v) is 4.31. The summed E-state index contributed by atoms with van der Waals surface area (Å²) in [6.45, 7) is 5.87. The van der Waals surface area contributed by atoms with E-state index in [1.807, 2.05) is 0 Å². The molecular formula is C27H56N2O. The standard InChI is InChI=1S/C27H56N2O/c1-3-5-7-9-11-13-14-16-18-20-22-26(25-29-27(30)23-24-28)21-19-17-15-12-10-8-6-4-2/h26H,3-25,28H2,1-2H3,(H,29,30). The summed E-state index contributed by atoms with van der Waals surface area (Å²) in [5, 5.41) is 3.13. The van der Waals surface area contributed by atoms with E-state index in [9.17, 15) is 4.79 Å². The van der Waals surface area contributed by atoms with Gasteiger partial charge in [0.25, 0.3) is 0 Å². The Kier molecular flexibility index (Phi) is 24.2. The lowest BCUT2D eigenvalue weighted by atomic mass is 9.93. The van der Waals surface area contributed by atoms with Gasteiger partial charge in [0.2, 0.25) is 5.91 Å². The Bertz CT molecular complexity index is 346. The van der Waals surface area contributed by atoms with Crippen LogP contribution in [-0.4, -0.2) is 19.0 Å². The summed E-state index contributed by atoms with van der Waals surface area (Å²) in [6.07, 6.45) is 27.9. The normalized spacial score (nSPS) is 12.2. The van der Waals surface area contributed by atoms with Crippen molar-refractivity contribution in [1.82, 2.24) is 5.32 Å². The van der Waals surface area contributed by atoms with Crippen molar-refractivity contribution < 1.29 is 4.79 Å². The second-order valence-electron chi connectivity index (χ2n) is 9.44. The second kappa shape index (κ2) is 24.7. The number of nitrogens with two attached hydrogens (primary N) is 1. The average Bonchev–Trinajstić information content (AvgIpc) is 2.74. The molecule has 3 heteroatoms. The van der Waals surface area contributed by atoms with Crippen LogP contribution in [0.5, 0.6) is 0 Å². The van der Waals surface area contributed by atoms with Gasteiger partial charge in [-0.25, -0.2) is 0 Å². The molecule has 3 nitrogen and oxygen atoms in total. The Morgan fingerprint density at radius 1 is 0.633 bits per heavy atom. The molecule has 3 N–H and O–H groups in total. The molecule has 0 rings (SSSR count). The van der Waals surface area contributed by atoms with Crippen molar-refractivity contribution >= 4 is 5.91 Å². The number of carbonyl (C=O) groups is 1. The van der Waals surface area contributed by atoms with Crippen LogP contribution >= 0.6 is 0 Å². The molecule has 0 fully saturated rings. The molecule has 0 aliphatic carbocycles. The summed E-state index contributed by atoms with van der Waals surface area (Å²) < 4.78 is 0. The Balaban J connectivity index is 3.83. The van der Waals surface area contributed by atoms with Crippen molar-refractivity contribution in [3.05, 3.63) is 0 Å². The summed E-state index contributed by atoms with van der Waals surface area (Å²) in [5.74, 6) is 0.780. The van der Waals surface area contributed by atoms with Gasteiger partial charge in [-0.2, -0.15) is 0 Å². The molecule has 30 heavy (non-hydrogen) atoms. The quantitative estimate of drug-likeness (QED) is 0.155. The molecule has 0 radical (unpaired) electrons. The van der Waals surface area contributed by atoms with E-state index in [0.717, 1.165) is 6.54 Å². The molecule has 1 amide bonds. The Morgan fingerprint density at radius 2 is 1.00 bits per heavy atom. The molecule has 0 saturated heterocycles. The number of hydrogen-bond donors (Lipinski definition) is 2. The van der Waals surface area contributed by atoms with Crippen molar-refractivity contribution in [2.45, 2.75) is 149 Å². The molecule has 0 aromatic heterocycles. The van der Waals surface area contributed by atoms with Gasteiger partial charge < -0.3 is 11.1 Å². The lowest BCUT2D eigenvalue weighted by molar-refractivity contribution is -0.121. The number of amides is 1. The highest BCUT2D eigenvalue weighted by Crippen LogP contribution is 2.19. The monoisotopic (exact) mass is 424 g/mol. The van der Waals surface area contributed by atoms with Crippen LogP contribution in [0, 0.1) is 5.92 Å². The zero-order valence-electron chi connectivity index (χ0n) is 20.8. The minimum absolute atomic E-state index is 0.126. The minimum atomic E-state index is 0.126. The van der Waals surface area contributed by atoms with Crippen LogP contribution in [0.25, 0.3) is 0 Å². The average molecular weight is 425 g/mol. The zero-order valence-corrected chi connectivity index (χ0v) is 20.8. The van der Waals surface area contributed by atoms with Crippen LogP contribution in [0.2, 0.25) is 0 Å². The minimum Gasteiger partial charge on any atom is -0.356 e. The molecule has 180 valence electrons. The molecule has 0 aliphatic heterocycles. The zero-order chi connectivity index (χ0) is 22.1. The third-order valence-electron chi connectivity index (χ3n) is 6.39. The predicted molar refractivity (Wildman–Crippen MR) is 134 cm³/mol. The first-order valence-electron chi connectivity index (χ1n) is 13.7. The van der Waals surface area contributed by atoms with Crippen LogP contribution in [0.15, 0.2) is 0 Å². The van der Waals surface area contributed by atoms with Gasteiger partial charge in [-0.05, 0) is 18.8 Å². The van der Waals surface area contributed by atoms with E-state index in [-0.39, 0.29) is 5.91 Å². The number of nitrogens with one attached hydrogen (secondary N) is 1. The number of carbonyl (C=O) groups excluding carboxylic acids is 1. The van der Waals surface area contributed by atoms with Crippen LogP contribution < -0.4 is 11.1 Å². The lowest BCUT2D eigenvalue weighted by Crippen LogP contribution is -2.30. The SMILES string of the molecule is CCCCCCCCCCCCC(CCCCCCCCCC)CNC(=O)CCN. The van der Waals surface area contributed by atoms with Crippen LogP contribution in [-0.2, 0) is 4.79 Å². The Morgan fingerprint density at radius 3 is 1.37 bits per heavy atom. The first-order valence-corrected chi connectivity index (χ1v) is 13.7. The smallest absolute Gasteiger partial charge is 0.221 e. The highest BCUT2D eigenvalue weighted by molar-refractivity contribution is 5.75. The summed E-state index contributed by atoms with van der Waals surface area (Å²) in [6, 6.07) is 0. The van der Waals surface area contributed by atoms with Gasteiger partial charge in [0, 0.05) is 19.5 Å². The maximum Gasteiger partial charge on any atom is 0.221 e. The summed E-state index contributed by atoms with van der Waals surface area (Å²) in [7, 11) is 0. The van der Waals surface area contributed by atoms with Gasteiger partial charge in [-0.3, -0.25) is 4.79 Å². The summed E-state index contributed by atoms with van der Waals surface area (Å²) in [4.78, 5) is 11.8. The van der Waals surface area contributed by atoms with Crippen LogP contribution in [0.4, 0.5) is 0 Å². The predicted octanol–water partition coefficient (Wildman–Crippen LogP) is 7.91. The molecular weight excluding hydrogens is 368 g/mol. The van der Waals surface area contributed by atoms with E-state index in [1.165, 1.54) is 128 Å². The number of hydrogen-bond acceptors (Lipinski definition) is 2. The van der Waals surface area contributed by atoms with Crippen molar-refractivity contribution in [3.8, 4) is 0 Å². The molecule has 0 aliphatic rings. The van der Waals surface area contributed by atoms with Gasteiger partial charge in [-0.15, -0.1) is 0 Å². The lowest BCUT2D eigenvalue weighted by Gasteiger charge is -2.18. The molecule has 0 saturated carbocycles. The van der Waals surface area contributed by atoms with Crippen molar-refractivity contribution in [1.29, 1.82) is 0 Å². The van der Waals surface area contributed by atoms with Gasteiger partial charge in [0.05, 0.1) is 0 Å². The van der Waals surface area contributed by atoms with E-state index in [0.29, 0.717) is 18.9 Å². The summed E-state index contributed by atoms with van der Waals surface area (Å²) >= 11 is 0. The maximum absolute atomic E-state index is 11.8. The van der Waals surface area contributed by atoms with E-state index < -0.39 is 0 Å². The molecule has 0 spiro atoms. The third kappa shape index (κ3) is 22.1. The Hall–Kier alpha value is -0.570. The fraction of sp³-hybridized carbons (Fsp3) is 0.963. The first kappa shape index (κ1) is 29.4. The molecule has 0 aromatic carbocycles. The first-order chi connectivity index (χ1) is 14.7. The highest BCUT2D eigenvalue weighted by atomic mass is 16.1. The van der Waals surface area contributed by atoms with Crippen LogP contribution in [0.3, 0.4) is 0 Å². The topological polar surface area (TPSA) is 55.1 Å².